The van der Waals surface area contributed by atoms with E-state index >= 15 is 0 Å². The Morgan fingerprint density at radius 3 is 2.50 bits per heavy atom. The van der Waals surface area contributed by atoms with Crippen LogP contribution in [-0.2, 0) is 0 Å². The minimum absolute atomic E-state index is 0.136. The van der Waals surface area contributed by atoms with E-state index in [1.807, 2.05) is 0 Å². The van der Waals surface area contributed by atoms with Gasteiger partial charge in [0, 0.05) is 18.6 Å². The van der Waals surface area contributed by atoms with Crippen molar-refractivity contribution in [3.05, 3.63) is 0 Å². The third-order valence-electron chi connectivity index (χ3n) is 4.59. The maximum absolute atomic E-state index is 9.55. The van der Waals surface area contributed by atoms with Crippen molar-refractivity contribution in [2.75, 3.05) is 13.2 Å². The Hall–Kier alpha value is -0.120. The highest BCUT2D eigenvalue weighted by Gasteiger charge is 2.45. The zero-order chi connectivity index (χ0) is 11.8. The topological polar surface area (TPSA) is 49.5 Å². The molecule has 3 nitrogen and oxygen atoms in total. The zero-order valence-corrected chi connectivity index (χ0v) is 10.7. The van der Waals surface area contributed by atoms with Crippen molar-refractivity contribution in [3.63, 3.8) is 0 Å². The number of likely N-dealkylation sites (tertiary alicyclic amines) is 1. The summed E-state index contributed by atoms with van der Waals surface area (Å²) in [6.45, 7) is 5.56. The second kappa shape index (κ2) is 4.63. The van der Waals surface area contributed by atoms with E-state index in [-0.39, 0.29) is 12.1 Å². The predicted molar refractivity (Wildman–Crippen MR) is 66.2 cm³/mol. The van der Waals surface area contributed by atoms with Crippen molar-refractivity contribution in [1.29, 1.82) is 0 Å². The second-order valence-electron chi connectivity index (χ2n) is 5.83. The van der Waals surface area contributed by atoms with E-state index in [9.17, 15) is 5.11 Å². The zero-order valence-electron chi connectivity index (χ0n) is 10.7. The van der Waals surface area contributed by atoms with E-state index in [4.69, 9.17) is 5.73 Å². The summed E-state index contributed by atoms with van der Waals surface area (Å²) >= 11 is 0. The lowest BCUT2D eigenvalue weighted by atomic mass is 9.94. The lowest BCUT2D eigenvalue weighted by Gasteiger charge is -2.37. The van der Waals surface area contributed by atoms with Gasteiger partial charge in [-0.3, -0.25) is 4.90 Å². The van der Waals surface area contributed by atoms with Gasteiger partial charge in [0.15, 0.2) is 0 Å². The summed E-state index contributed by atoms with van der Waals surface area (Å²) in [5, 5.41) is 9.55. The SMILES string of the molecule is CCC1CCC(C)N1CC(N)(CO)C1CC1. The van der Waals surface area contributed by atoms with Crippen LogP contribution in [0.2, 0.25) is 0 Å². The van der Waals surface area contributed by atoms with Crippen LogP contribution in [0.1, 0.15) is 46.0 Å². The van der Waals surface area contributed by atoms with Crippen molar-refractivity contribution in [2.45, 2.75) is 63.6 Å². The maximum atomic E-state index is 9.55. The molecule has 0 radical (unpaired) electrons. The minimum atomic E-state index is -0.341. The minimum Gasteiger partial charge on any atom is -0.394 e. The first-order valence-electron chi connectivity index (χ1n) is 6.76. The fourth-order valence-electron chi connectivity index (χ4n) is 3.16. The van der Waals surface area contributed by atoms with Crippen LogP contribution < -0.4 is 5.73 Å². The molecule has 16 heavy (non-hydrogen) atoms. The van der Waals surface area contributed by atoms with Crippen LogP contribution in [0.4, 0.5) is 0 Å². The normalized spacial score (nSPS) is 35.2. The molecule has 2 fully saturated rings. The molecule has 1 aliphatic carbocycles. The van der Waals surface area contributed by atoms with Crippen LogP contribution in [0.15, 0.2) is 0 Å². The number of nitrogens with zero attached hydrogens (tertiary/aromatic N) is 1. The van der Waals surface area contributed by atoms with Crippen molar-refractivity contribution in [3.8, 4) is 0 Å². The number of nitrogens with two attached hydrogens (primary N) is 1. The third kappa shape index (κ3) is 2.27. The van der Waals surface area contributed by atoms with Crippen LogP contribution in [0, 0.1) is 5.92 Å². The molecule has 0 amide bonds. The fraction of sp³-hybridized carbons (Fsp3) is 1.00. The van der Waals surface area contributed by atoms with Crippen LogP contribution in [0.3, 0.4) is 0 Å². The van der Waals surface area contributed by atoms with Crippen LogP contribution in [-0.4, -0.2) is 40.8 Å². The first-order valence-corrected chi connectivity index (χ1v) is 6.76. The molecule has 3 heteroatoms. The smallest absolute Gasteiger partial charge is 0.0626 e. The van der Waals surface area contributed by atoms with E-state index in [2.05, 4.69) is 18.7 Å². The molecule has 0 spiro atoms. The number of rotatable bonds is 5. The standard InChI is InChI=1S/C13H26N2O/c1-3-12-7-4-10(2)15(12)8-13(14,9-16)11-5-6-11/h10-12,16H,3-9,14H2,1-2H3. The lowest BCUT2D eigenvalue weighted by molar-refractivity contribution is 0.0940. The number of hydrogen-bond acceptors (Lipinski definition) is 3. The molecule has 1 saturated carbocycles. The first kappa shape index (κ1) is 12.3. The van der Waals surface area contributed by atoms with Gasteiger partial charge in [-0.25, -0.2) is 0 Å². The summed E-state index contributed by atoms with van der Waals surface area (Å²) in [4.78, 5) is 2.54. The molecule has 0 aromatic heterocycles. The van der Waals surface area contributed by atoms with Crippen molar-refractivity contribution in [1.82, 2.24) is 4.90 Å². The van der Waals surface area contributed by atoms with Gasteiger partial charge in [0.25, 0.3) is 0 Å². The molecule has 2 aliphatic rings. The van der Waals surface area contributed by atoms with Gasteiger partial charge in [0.1, 0.15) is 0 Å². The molecule has 0 aromatic carbocycles. The van der Waals surface area contributed by atoms with Gasteiger partial charge >= 0.3 is 0 Å². The molecule has 2 rings (SSSR count). The molecule has 1 saturated heterocycles. The molecule has 0 aromatic rings. The lowest BCUT2D eigenvalue weighted by Crippen LogP contribution is -2.56. The van der Waals surface area contributed by atoms with Gasteiger partial charge in [-0.15, -0.1) is 0 Å². The van der Waals surface area contributed by atoms with Gasteiger partial charge in [-0.05, 0) is 44.9 Å². The Morgan fingerprint density at radius 1 is 1.31 bits per heavy atom. The van der Waals surface area contributed by atoms with Gasteiger partial charge in [0.05, 0.1) is 12.1 Å². The average Bonchev–Trinajstić information content (AvgIpc) is 3.07. The molecular weight excluding hydrogens is 200 g/mol. The summed E-state index contributed by atoms with van der Waals surface area (Å²) in [5.41, 5.74) is 6.03. The summed E-state index contributed by atoms with van der Waals surface area (Å²) in [6, 6.07) is 1.32. The van der Waals surface area contributed by atoms with E-state index < -0.39 is 0 Å². The van der Waals surface area contributed by atoms with Gasteiger partial charge < -0.3 is 10.8 Å². The summed E-state index contributed by atoms with van der Waals surface area (Å²) in [5.74, 6) is 0.558. The van der Waals surface area contributed by atoms with E-state index in [0.717, 1.165) is 6.54 Å². The van der Waals surface area contributed by atoms with Crippen LogP contribution in [0.25, 0.3) is 0 Å². The Kier molecular flexibility index (Phi) is 3.57. The molecule has 3 unspecified atom stereocenters. The number of hydrogen-bond donors (Lipinski definition) is 2. The van der Waals surface area contributed by atoms with Crippen molar-refractivity contribution in [2.24, 2.45) is 11.7 Å². The summed E-state index contributed by atoms with van der Waals surface area (Å²) < 4.78 is 0. The van der Waals surface area contributed by atoms with Gasteiger partial charge in [0.2, 0.25) is 0 Å². The summed E-state index contributed by atoms with van der Waals surface area (Å²) in [7, 11) is 0. The molecule has 1 aliphatic heterocycles. The molecule has 3 N–H and O–H groups in total. The highest BCUT2D eigenvalue weighted by molar-refractivity contribution is 5.02. The van der Waals surface area contributed by atoms with Crippen LogP contribution in [0.5, 0.6) is 0 Å². The molecule has 3 atom stereocenters. The Balaban J connectivity index is 2.00. The molecule has 1 heterocycles. The highest BCUT2D eigenvalue weighted by Crippen LogP contribution is 2.40. The highest BCUT2D eigenvalue weighted by atomic mass is 16.3. The van der Waals surface area contributed by atoms with Crippen molar-refractivity contribution >= 4 is 0 Å². The largest absolute Gasteiger partial charge is 0.394 e. The summed E-state index contributed by atoms with van der Waals surface area (Å²) in [6.07, 6.45) is 6.19. The van der Waals surface area contributed by atoms with Gasteiger partial charge in [-0.1, -0.05) is 6.92 Å². The quantitative estimate of drug-likeness (QED) is 0.744. The first-order chi connectivity index (χ1) is 7.60. The average molecular weight is 226 g/mol. The maximum Gasteiger partial charge on any atom is 0.0626 e. The number of aliphatic hydroxyl groups is 1. The monoisotopic (exact) mass is 226 g/mol. The number of aliphatic hydroxyl groups excluding tert-OH is 1. The fourth-order valence-corrected chi connectivity index (χ4v) is 3.16. The third-order valence-corrected chi connectivity index (χ3v) is 4.59. The molecule has 0 bridgehead atoms. The predicted octanol–water partition coefficient (Wildman–Crippen LogP) is 1.35. The molecule has 94 valence electrons. The second-order valence-corrected chi connectivity index (χ2v) is 5.83. The van der Waals surface area contributed by atoms with E-state index in [1.54, 1.807) is 0 Å². The molecular formula is C13H26N2O. The van der Waals surface area contributed by atoms with Gasteiger partial charge in [-0.2, -0.15) is 0 Å². The Morgan fingerprint density at radius 2 is 2.00 bits per heavy atom. The van der Waals surface area contributed by atoms with E-state index in [0.29, 0.717) is 18.0 Å². The van der Waals surface area contributed by atoms with E-state index in [1.165, 1.54) is 32.1 Å². The Bertz CT molecular complexity index is 242. The van der Waals surface area contributed by atoms with Crippen molar-refractivity contribution < 1.29 is 5.11 Å². The Labute approximate surface area is 99.0 Å². The van der Waals surface area contributed by atoms with Crippen LogP contribution >= 0.6 is 0 Å².